The third-order valence-corrected chi connectivity index (χ3v) is 7.43. The third kappa shape index (κ3) is 6.76. The van der Waals surface area contributed by atoms with Crippen molar-refractivity contribution < 1.29 is 36.3 Å². The van der Waals surface area contributed by atoms with Gasteiger partial charge in [-0.25, -0.2) is 17.8 Å². The first kappa shape index (κ1) is 25.2. The van der Waals surface area contributed by atoms with Gasteiger partial charge in [0.2, 0.25) is 16.4 Å². The molecule has 2 aromatic carbocycles. The lowest BCUT2D eigenvalue weighted by Crippen LogP contribution is -2.44. The van der Waals surface area contributed by atoms with Crippen LogP contribution in [0.15, 0.2) is 54.6 Å². The Morgan fingerprint density at radius 1 is 1.09 bits per heavy atom. The number of nitrogens with zero attached hydrogens (tertiary/aromatic N) is 2. The first-order valence-corrected chi connectivity index (χ1v) is 11.9. The standard InChI is InChI=1S/C22H25F3N2O5S/c23-22(24,25)19-8-6-17(7-9-19)14-32-20-10-12-26(13-11-20)33(30,31)15-21(27(29)16-28)18-4-2-1-3-5-18/h1-9,16,20-21,29H,10-15H2/t21-/m0/s1. The van der Waals surface area contributed by atoms with Gasteiger partial charge in [0, 0.05) is 13.1 Å². The average Bonchev–Trinajstić information content (AvgIpc) is 2.81. The molecule has 1 heterocycles. The van der Waals surface area contributed by atoms with Crippen molar-refractivity contribution in [3.8, 4) is 0 Å². The lowest BCUT2D eigenvalue weighted by molar-refractivity contribution is -0.159. The molecule has 1 N–H and O–H groups in total. The smallest absolute Gasteiger partial charge is 0.373 e. The molecule has 1 aliphatic heterocycles. The summed E-state index contributed by atoms with van der Waals surface area (Å²) in [5.41, 5.74) is 0.362. The van der Waals surface area contributed by atoms with Crippen LogP contribution in [0, 0.1) is 0 Å². The molecule has 33 heavy (non-hydrogen) atoms. The fourth-order valence-electron chi connectivity index (χ4n) is 3.66. The number of hydrogen-bond acceptors (Lipinski definition) is 5. The molecule has 11 heteroatoms. The Morgan fingerprint density at radius 3 is 2.24 bits per heavy atom. The first-order valence-electron chi connectivity index (χ1n) is 10.3. The highest BCUT2D eigenvalue weighted by molar-refractivity contribution is 7.89. The van der Waals surface area contributed by atoms with E-state index in [4.69, 9.17) is 4.74 Å². The van der Waals surface area contributed by atoms with Crippen molar-refractivity contribution in [1.29, 1.82) is 0 Å². The number of hydroxylamine groups is 2. The van der Waals surface area contributed by atoms with Crippen molar-refractivity contribution in [1.82, 2.24) is 9.37 Å². The van der Waals surface area contributed by atoms with E-state index in [1.165, 1.54) is 16.4 Å². The summed E-state index contributed by atoms with van der Waals surface area (Å²) in [6, 6.07) is 12.1. The molecule has 0 unspecified atom stereocenters. The third-order valence-electron chi connectivity index (χ3n) is 5.54. The first-order chi connectivity index (χ1) is 15.6. The zero-order chi connectivity index (χ0) is 24.1. The number of benzene rings is 2. The fourth-order valence-corrected chi connectivity index (χ4v) is 5.38. The number of alkyl halides is 3. The monoisotopic (exact) mass is 486 g/mol. The number of sulfonamides is 1. The van der Waals surface area contributed by atoms with Gasteiger partial charge in [-0.1, -0.05) is 42.5 Å². The van der Waals surface area contributed by atoms with E-state index in [-0.39, 0.29) is 32.2 Å². The molecule has 1 aliphatic rings. The lowest BCUT2D eigenvalue weighted by atomic mass is 10.1. The Morgan fingerprint density at radius 2 is 1.70 bits per heavy atom. The van der Waals surface area contributed by atoms with Crippen molar-refractivity contribution in [3.63, 3.8) is 0 Å². The Hall–Kier alpha value is -2.47. The van der Waals surface area contributed by atoms with Crippen LogP contribution in [0.5, 0.6) is 0 Å². The molecular weight excluding hydrogens is 461 g/mol. The maximum absolute atomic E-state index is 12.9. The Kier molecular flexibility index (Phi) is 8.11. The highest BCUT2D eigenvalue weighted by Gasteiger charge is 2.33. The van der Waals surface area contributed by atoms with Gasteiger partial charge in [-0.15, -0.1) is 0 Å². The minimum absolute atomic E-state index is 0.129. The average molecular weight is 487 g/mol. The van der Waals surface area contributed by atoms with Crippen LogP contribution < -0.4 is 0 Å². The number of carbonyl (C=O) groups excluding carboxylic acids is 1. The quantitative estimate of drug-likeness (QED) is 0.333. The summed E-state index contributed by atoms with van der Waals surface area (Å²) in [5.74, 6) is -0.469. The van der Waals surface area contributed by atoms with Crippen LogP contribution in [-0.2, 0) is 32.3 Å². The minimum Gasteiger partial charge on any atom is -0.373 e. The maximum atomic E-state index is 12.9. The van der Waals surface area contributed by atoms with Crippen LogP contribution >= 0.6 is 0 Å². The summed E-state index contributed by atoms with van der Waals surface area (Å²) in [7, 11) is -3.78. The van der Waals surface area contributed by atoms with Gasteiger partial charge in [-0.3, -0.25) is 10.0 Å². The van der Waals surface area contributed by atoms with Crippen LogP contribution in [-0.4, -0.2) is 54.3 Å². The van der Waals surface area contributed by atoms with Crippen LogP contribution in [0.25, 0.3) is 0 Å². The molecule has 180 valence electrons. The summed E-state index contributed by atoms with van der Waals surface area (Å²) in [4.78, 5) is 11.1. The van der Waals surface area contributed by atoms with Gasteiger partial charge in [-0.05, 0) is 36.1 Å². The number of carbonyl (C=O) groups is 1. The van der Waals surface area contributed by atoms with Crippen molar-refractivity contribution >= 4 is 16.4 Å². The summed E-state index contributed by atoms with van der Waals surface area (Å²) < 4.78 is 70.9. The summed E-state index contributed by atoms with van der Waals surface area (Å²) >= 11 is 0. The topological polar surface area (TPSA) is 87.2 Å². The summed E-state index contributed by atoms with van der Waals surface area (Å²) in [5, 5.41) is 10.3. The summed E-state index contributed by atoms with van der Waals surface area (Å²) in [6.45, 7) is 0.534. The predicted octanol–water partition coefficient (Wildman–Crippen LogP) is 3.61. The number of hydrogen-bond donors (Lipinski definition) is 1. The largest absolute Gasteiger partial charge is 0.416 e. The zero-order valence-electron chi connectivity index (χ0n) is 17.7. The van der Waals surface area contributed by atoms with Crippen LogP contribution in [0.2, 0.25) is 0 Å². The van der Waals surface area contributed by atoms with Gasteiger partial charge in [0.05, 0.1) is 30.1 Å². The molecule has 1 atom stereocenters. The highest BCUT2D eigenvalue weighted by atomic mass is 32.2. The van der Waals surface area contributed by atoms with E-state index in [1.54, 1.807) is 30.3 Å². The van der Waals surface area contributed by atoms with Crippen LogP contribution in [0.3, 0.4) is 0 Å². The van der Waals surface area contributed by atoms with E-state index < -0.39 is 33.6 Å². The molecule has 1 amide bonds. The number of rotatable bonds is 9. The van der Waals surface area contributed by atoms with E-state index >= 15 is 0 Å². The molecule has 1 saturated heterocycles. The van der Waals surface area contributed by atoms with Gasteiger partial charge in [0.15, 0.2) is 0 Å². The van der Waals surface area contributed by atoms with E-state index in [0.717, 1.165) is 12.1 Å². The zero-order valence-corrected chi connectivity index (χ0v) is 18.5. The van der Waals surface area contributed by atoms with E-state index in [9.17, 15) is 31.6 Å². The van der Waals surface area contributed by atoms with E-state index in [1.807, 2.05) is 0 Å². The van der Waals surface area contributed by atoms with Crippen LogP contribution in [0.4, 0.5) is 13.2 Å². The van der Waals surface area contributed by atoms with Crippen molar-refractivity contribution in [2.24, 2.45) is 0 Å². The maximum Gasteiger partial charge on any atom is 0.416 e. The Balaban J connectivity index is 1.54. The molecule has 0 saturated carbocycles. The van der Waals surface area contributed by atoms with E-state index in [2.05, 4.69) is 0 Å². The molecule has 0 bridgehead atoms. The van der Waals surface area contributed by atoms with Crippen molar-refractivity contribution in [2.45, 2.75) is 37.8 Å². The molecule has 0 aliphatic carbocycles. The lowest BCUT2D eigenvalue weighted by Gasteiger charge is -2.33. The Bertz CT molecular complexity index is 1010. The molecule has 0 radical (unpaired) electrons. The number of halogens is 3. The normalized spacial score (nSPS) is 17.0. The summed E-state index contributed by atoms with van der Waals surface area (Å²) in [6.07, 6.45) is -3.60. The van der Waals surface area contributed by atoms with Crippen molar-refractivity contribution in [2.75, 3.05) is 18.8 Å². The molecular formula is C22H25F3N2O5S. The molecule has 3 rings (SSSR count). The van der Waals surface area contributed by atoms with Gasteiger partial charge in [0.25, 0.3) is 0 Å². The second-order valence-electron chi connectivity index (χ2n) is 7.79. The van der Waals surface area contributed by atoms with Crippen molar-refractivity contribution in [3.05, 3.63) is 71.3 Å². The second kappa shape index (κ2) is 10.6. The molecule has 7 nitrogen and oxygen atoms in total. The highest BCUT2D eigenvalue weighted by Crippen LogP contribution is 2.29. The molecule has 0 aromatic heterocycles. The number of ether oxygens (including phenoxy) is 1. The minimum atomic E-state index is -4.39. The molecule has 0 spiro atoms. The molecule has 1 fully saturated rings. The Labute approximate surface area is 190 Å². The van der Waals surface area contributed by atoms with Gasteiger partial charge >= 0.3 is 6.18 Å². The predicted molar refractivity (Wildman–Crippen MR) is 113 cm³/mol. The number of amides is 1. The van der Waals surface area contributed by atoms with E-state index in [0.29, 0.717) is 29.0 Å². The fraction of sp³-hybridized carbons (Fsp3) is 0.409. The van der Waals surface area contributed by atoms with Gasteiger partial charge in [0.1, 0.15) is 0 Å². The van der Waals surface area contributed by atoms with Gasteiger partial charge in [-0.2, -0.15) is 13.2 Å². The second-order valence-corrected chi connectivity index (χ2v) is 9.81. The number of piperidine rings is 1. The molecule has 2 aromatic rings. The van der Waals surface area contributed by atoms with Crippen LogP contribution in [0.1, 0.15) is 35.6 Å². The van der Waals surface area contributed by atoms with Gasteiger partial charge < -0.3 is 4.74 Å². The SMILES string of the molecule is O=CN(O)[C@@H](CS(=O)(=O)N1CCC(OCc2ccc(C(F)(F)F)cc2)CC1)c1ccccc1.